The van der Waals surface area contributed by atoms with Crippen LogP contribution in [0.4, 0.5) is 0 Å². The summed E-state index contributed by atoms with van der Waals surface area (Å²) >= 11 is 0. The summed E-state index contributed by atoms with van der Waals surface area (Å²) in [4.78, 5) is 3.21. The zero-order valence-corrected chi connectivity index (χ0v) is 18.8. The summed E-state index contributed by atoms with van der Waals surface area (Å²) in [7, 11) is 0. The molecular weight excluding hydrogens is 342 g/mol. The second-order valence-electron chi connectivity index (χ2n) is 6.85. The first-order valence-corrected chi connectivity index (χ1v) is 10.5. The quantitative estimate of drug-likeness (QED) is 0.364. The summed E-state index contributed by atoms with van der Waals surface area (Å²) in [5.41, 5.74) is 5.11. The molecule has 0 atom stereocenters. The number of hydrogen-bond donors (Lipinski definition) is 2. The molecule has 0 fully saturated rings. The number of nitrogens with one attached hydrogen (secondary N) is 2. The van der Waals surface area contributed by atoms with E-state index in [9.17, 15) is 0 Å². The van der Waals surface area contributed by atoms with Gasteiger partial charge < -0.3 is 4.98 Å². The molecule has 0 spiro atoms. The molecule has 0 saturated carbocycles. The lowest BCUT2D eigenvalue weighted by Gasteiger charge is -2.03. The van der Waals surface area contributed by atoms with Crippen LogP contribution < -0.4 is 0 Å². The van der Waals surface area contributed by atoms with Crippen molar-refractivity contribution in [3.63, 3.8) is 0 Å². The van der Waals surface area contributed by atoms with Gasteiger partial charge in [0, 0.05) is 17.1 Å². The number of benzene rings is 2. The number of rotatable bonds is 2. The van der Waals surface area contributed by atoms with E-state index >= 15 is 0 Å². The third-order valence-electron chi connectivity index (χ3n) is 4.38. The number of H-pyrrole nitrogens is 2. The standard InChI is InChI=1S/C11H13N.C10H12N2.2C2H6/c1-8(2)10-4-3-9-5-6-12-11(9)7-10;1-7(2)8-3-4-9-6-11-12-10(9)5-8;2*1-2/h3-8,12H,1-2H3;3-7H,1-2H3,(H,11,12);2*1-2H3. The fraction of sp³-hybridized carbons (Fsp3) is 0.400. The van der Waals surface area contributed by atoms with Gasteiger partial charge >= 0.3 is 0 Å². The maximum absolute atomic E-state index is 3.98. The number of aromatic nitrogens is 3. The predicted octanol–water partition coefficient (Wildman–Crippen LogP) is 8.03. The molecule has 2 heterocycles. The SMILES string of the molecule is CC.CC.CC(C)c1ccc2cc[nH]c2c1.CC(C)c1ccc2cn[nH]c2c1. The second kappa shape index (κ2) is 12.0. The highest BCUT2D eigenvalue weighted by Gasteiger charge is 2.01. The molecule has 0 aliphatic heterocycles. The van der Waals surface area contributed by atoms with Crippen molar-refractivity contribution in [2.75, 3.05) is 0 Å². The van der Waals surface area contributed by atoms with Crippen molar-refractivity contribution < 1.29 is 0 Å². The topological polar surface area (TPSA) is 44.5 Å². The minimum absolute atomic E-state index is 0.581. The Balaban J connectivity index is 0.000000238. The Kier molecular flexibility index (Phi) is 10.1. The molecule has 0 amide bonds. The highest BCUT2D eigenvalue weighted by Crippen LogP contribution is 2.20. The van der Waals surface area contributed by atoms with Crippen molar-refractivity contribution in [2.24, 2.45) is 0 Å². The highest BCUT2D eigenvalue weighted by atomic mass is 15.1. The Morgan fingerprint density at radius 3 is 1.79 bits per heavy atom. The van der Waals surface area contributed by atoms with Crippen LogP contribution in [0.3, 0.4) is 0 Å². The predicted molar refractivity (Wildman–Crippen MR) is 125 cm³/mol. The van der Waals surface area contributed by atoms with Crippen LogP contribution in [0.15, 0.2) is 54.9 Å². The van der Waals surface area contributed by atoms with Gasteiger partial charge in [0.2, 0.25) is 0 Å². The van der Waals surface area contributed by atoms with Gasteiger partial charge in [-0.25, -0.2) is 0 Å². The van der Waals surface area contributed by atoms with Crippen molar-refractivity contribution in [3.05, 3.63) is 66.0 Å². The Hall–Kier alpha value is -2.55. The molecule has 0 aliphatic rings. The molecule has 2 aromatic heterocycles. The van der Waals surface area contributed by atoms with Gasteiger partial charge in [-0.1, -0.05) is 79.7 Å². The first kappa shape index (κ1) is 23.5. The molecule has 0 saturated heterocycles. The Bertz CT molecular complexity index is 851. The van der Waals surface area contributed by atoms with E-state index < -0.39 is 0 Å². The van der Waals surface area contributed by atoms with E-state index in [1.165, 1.54) is 27.4 Å². The molecule has 4 aromatic rings. The third kappa shape index (κ3) is 6.26. The van der Waals surface area contributed by atoms with Crippen LogP contribution in [-0.2, 0) is 0 Å². The molecule has 0 aliphatic carbocycles. The van der Waals surface area contributed by atoms with Gasteiger partial charge in [0.05, 0.1) is 11.7 Å². The minimum Gasteiger partial charge on any atom is -0.361 e. The van der Waals surface area contributed by atoms with Crippen molar-refractivity contribution in [1.82, 2.24) is 15.2 Å². The number of aromatic amines is 2. The smallest absolute Gasteiger partial charge is 0.0653 e. The van der Waals surface area contributed by atoms with Gasteiger partial charge in [0.1, 0.15) is 0 Å². The maximum atomic E-state index is 3.98. The molecule has 3 heteroatoms. The molecule has 0 radical (unpaired) electrons. The van der Waals surface area contributed by atoms with Crippen LogP contribution in [0, 0.1) is 0 Å². The lowest BCUT2D eigenvalue weighted by atomic mass is 10.0. The van der Waals surface area contributed by atoms with Crippen LogP contribution in [-0.4, -0.2) is 15.2 Å². The highest BCUT2D eigenvalue weighted by molar-refractivity contribution is 5.80. The Morgan fingerprint density at radius 2 is 1.21 bits per heavy atom. The van der Waals surface area contributed by atoms with Crippen LogP contribution >= 0.6 is 0 Å². The number of hydrogen-bond acceptors (Lipinski definition) is 1. The van der Waals surface area contributed by atoms with Gasteiger partial charge in [-0.15, -0.1) is 0 Å². The van der Waals surface area contributed by atoms with Gasteiger partial charge in [0.25, 0.3) is 0 Å². The molecule has 28 heavy (non-hydrogen) atoms. The van der Waals surface area contributed by atoms with Gasteiger partial charge in [-0.3, -0.25) is 5.10 Å². The average Bonchev–Trinajstić information content (AvgIpc) is 3.39. The van der Waals surface area contributed by atoms with E-state index in [4.69, 9.17) is 0 Å². The molecule has 2 N–H and O–H groups in total. The van der Waals surface area contributed by atoms with E-state index in [0.717, 1.165) is 5.52 Å². The van der Waals surface area contributed by atoms with Crippen molar-refractivity contribution in [3.8, 4) is 0 Å². The number of nitrogens with zero attached hydrogens (tertiary/aromatic N) is 1. The van der Waals surface area contributed by atoms with E-state index in [0.29, 0.717) is 11.8 Å². The first-order valence-electron chi connectivity index (χ1n) is 10.5. The largest absolute Gasteiger partial charge is 0.361 e. The van der Waals surface area contributed by atoms with Crippen molar-refractivity contribution >= 4 is 21.8 Å². The monoisotopic (exact) mass is 379 g/mol. The molecule has 3 nitrogen and oxygen atoms in total. The van der Waals surface area contributed by atoms with Gasteiger partial charge in [-0.05, 0) is 46.5 Å². The summed E-state index contributed by atoms with van der Waals surface area (Å²) in [6.07, 6.45) is 3.83. The third-order valence-corrected chi connectivity index (χ3v) is 4.38. The van der Waals surface area contributed by atoms with E-state index in [2.05, 4.69) is 85.3 Å². The van der Waals surface area contributed by atoms with Gasteiger partial charge in [0.15, 0.2) is 0 Å². The molecule has 0 bridgehead atoms. The lowest BCUT2D eigenvalue weighted by Crippen LogP contribution is -1.85. The zero-order valence-electron chi connectivity index (χ0n) is 18.8. The van der Waals surface area contributed by atoms with Gasteiger partial charge in [-0.2, -0.15) is 5.10 Å². The van der Waals surface area contributed by atoms with Crippen LogP contribution in [0.5, 0.6) is 0 Å². The molecule has 2 aromatic carbocycles. The number of fused-ring (bicyclic) bond motifs is 2. The van der Waals surface area contributed by atoms with E-state index in [1.807, 2.05) is 40.1 Å². The van der Waals surface area contributed by atoms with Crippen molar-refractivity contribution in [1.29, 1.82) is 0 Å². The average molecular weight is 380 g/mol. The maximum Gasteiger partial charge on any atom is 0.0653 e. The zero-order chi connectivity index (χ0) is 21.1. The summed E-state index contributed by atoms with van der Waals surface area (Å²) in [6, 6.07) is 15.1. The second-order valence-corrected chi connectivity index (χ2v) is 6.85. The minimum atomic E-state index is 0.581. The summed E-state index contributed by atoms with van der Waals surface area (Å²) in [6.45, 7) is 16.8. The first-order chi connectivity index (χ1) is 13.5. The Morgan fingerprint density at radius 1 is 0.679 bits per heavy atom. The van der Waals surface area contributed by atoms with Crippen LogP contribution in [0.25, 0.3) is 21.8 Å². The summed E-state index contributed by atoms with van der Waals surface area (Å²) in [5, 5.41) is 9.41. The van der Waals surface area contributed by atoms with E-state index in [-0.39, 0.29) is 0 Å². The molecule has 152 valence electrons. The normalized spacial score (nSPS) is 10.1. The summed E-state index contributed by atoms with van der Waals surface area (Å²) in [5.74, 6) is 1.19. The fourth-order valence-corrected chi connectivity index (χ4v) is 2.74. The Labute approximate surface area is 170 Å². The van der Waals surface area contributed by atoms with E-state index in [1.54, 1.807) is 0 Å². The molecular formula is C25H37N3. The van der Waals surface area contributed by atoms with Crippen LogP contribution in [0.1, 0.15) is 78.4 Å². The van der Waals surface area contributed by atoms with Crippen LogP contribution in [0.2, 0.25) is 0 Å². The molecule has 4 rings (SSSR count). The lowest BCUT2D eigenvalue weighted by molar-refractivity contribution is 0.868. The fourth-order valence-electron chi connectivity index (χ4n) is 2.74. The van der Waals surface area contributed by atoms with Crippen molar-refractivity contribution in [2.45, 2.75) is 67.2 Å². The summed E-state index contributed by atoms with van der Waals surface area (Å²) < 4.78 is 0. The molecule has 0 unspecified atom stereocenters.